The summed E-state index contributed by atoms with van der Waals surface area (Å²) in [5.41, 5.74) is 0.481. The Bertz CT molecular complexity index is 639. The Hall–Kier alpha value is -2.22. The van der Waals surface area contributed by atoms with Crippen LogP contribution in [-0.4, -0.2) is 33.7 Å². The summed E-state index contributed by atoms with van der Waals surface area (Å²) in [6.07, 6.45) is -0.0189. The van der Waals surface area contributed by atoms with Gasteiger partial charge >= 0.3 is 5.97 Å². The number of benzene rings is 1. The first-order valence-corrected chi connectivity index (χ1v) is 7.01. The minimum Gasteiger partial charge on any atom is -0.466 e. The quantitative estimate of drug-likeness (QED) is 0.801. The minimum atomic E-state index is -0.403. The number of nitrogens with zero attached hydrogens (tertiary/aromatic N) is 2. The van der Waals surface area contributed by atoms with Gasteiger partial charge in [0, 0.05) is 10.0 Å². The van der Waals surface area contributed by atoms with Crippen LogP contribution in [0.15, 0.2) is 28.7 Å². The van der Waals surface area contributed by atoms with Gasteiger partial charge in [-0.1, -0.05) is 15.9 Å². The number of amides is 1. The Kier molecular flexibility index (Phi) is 5.04. The highest BCUT2D eigenvalue weighted by Crippen LogP contribution is 2.11. The van der Waals surface area contributed by atoms with Gasteiger partial charge in [0.05, 0.1) is 6.61 Å². The van der Waals surface area contributed by atoms with Crippen molar-refractivity contribution < 1.29 is 14.3 Å². The van der Waals surface area contributed by atoms with Crippen LogP contribution in [0, 0.1) is 0 Å². The van der Waals surface area contributed by atoms with Gasteiger partial charge in [-0.2, -0.15) is 4.98 Å². The van der Waals surface area contributed by atoms with Crippen LogP contribution in [0.2, 0.25) is 0 Å². The molecule has 0 fully saturated rings. The van der Waals surface area contributed by atoms with Crippen LogP contribution in [0.4, 0.5) is 5.95 Å². The van der Waals surface area contributed by atoms with Gasteiger partial charge in [0.2, 0.25) is 5.95 Å². The Morgan fingerprint density at radius 3 is 2.71 bits per heavy atom. The zero-order chi connectivity index (χ0) is 15.2. The molecule has 1 amide bonds. The lowest BCUT2D eigenvalue weighted by Crippen LogP contribution is -2.13. The first-order chi connectivity index (χ1) is 10.1. The van der Waals surface area contributed by atoms with E-state index >= 15 is 0 Å². The Balaban J connectivity index is 1.97. The summed E-state index contributed by atoms with van der Waals surface area (Å²) in [5, 5.41) is 8.95. The smallest absolute Gasteiger partial charge is 0.313 e. The number of esters is 1. The number of anilines is 1. The van der Waals surface area contributed by atoms with Gasteiger partial charge in [0.25, 0.3) is 5.91 Å². The van der Waals surface area contributed by atoms with Crippen LogP contribution in [-0.2, 0) is 16.0 Å². The molecule has 1 aromatic heterocycles. The van der Waals surface area contributed by atoms with Crippen molar-refractivity contribution in [1.82, 2.24) is 15.2 Å². The molecule has 0 bridgehead atoms. The molecule has 0 aliphatic carbocycles. The van der Waals surface area contributed by atoms with Gasteiger partial charge in [-0.15, -0.1) is 5.10 Å². The number of H-pyrrole nitrogens is 1. The van der Waals surface area contributed by atoms with Crippen molar-refractivity contribution in [3.63, 3.8) is 0 Å². The van der Waals surface area contributed by atoms with Crippen LogP contribution in [0.5, 0.6) is 0 Å². The van der Waals surface area contributed by atoms with Crippen LogP contribution in [0.1, 0.15) is 23.1 Å². The highest BCUT2D eigenvalue weighted by atomic mass is 79.9. The molecule has 2 N–H and O–H groups in total. The van der Waals surface area contributed by atoms with Gasteiger partial charge in [-0.05, 0) is 31.2 Å². The monoisotopic (exact) mass is 352 g/mol. The Morgan fingerprint density at radius 2 is 2.05 bits per heavy atom. The summed E-state index contributed by atoms with van der Waals surface area (Å²) in [7, 11) is 0. The number of hydrogen-bond donors (Lipinski definition) is 2. The molecular formula is C13H13BrN4O3. The molecule has 1 aromatic carbocycles. The maximum Gasteiger partial charge on any atom is 0.313 e. The predicted molar refractivity (Wildman–Crippen MR) is 78.8 cm³/mol. The first-order valence-electron chi connectivity index (χ1n) is 6.22. The predicted octanol–water partition coefficient (Wildman–Crippen LogP) is 1.93. The second-order valence-electron chi connectivity index (χ2n) is 4.05. The molecule has 0 saturated heterocycles. The summed E-state index contributed by atoms with van der Waals surface area (Å²) in [6, 6.07) is 6.87. The molecule has 7 nitrogen and oxygen atoms in total. The number of aromatic amines is 1. The number of hydrogen-bond acceptors (Lipinski definition) is 5. The van der Waals surface area contributed by atoms with E-state index in [1.807, 2.05) is 0 Å². The van der Waals surface area contributed by atoms with Crippen molar-refractivity contribution in [3.8, 4) is 0 Å². The van der Waals surface area contributed by atoms with Crippen molar-refractivity contribution >= 4 is 33.8 Å². The van der Waals surface area contributed by atoms with E-state index in [0.717, 1.165) is 4.47 Å². The van der Waals surface area contributed by atoms with Crippen molar-refractivity contribution in [2.45, 2.75) is 13.3 Å². The highest BCUT2D eigenvalue weighted by Gasteiger charge is 2.12. The molecule has 0 atom stereocenters. The van der Waals surface area contributed by atoms with Gasteiger partial charge in [-0.3, -0.25) is 20.0 Å². The van der Waals surface area contributed by atoms with E-state index in [4.69, 9.17) is 4.74 Å². The van der Waals surface area contributed by atoms with Crippen molar-refractivity contribution in [2.75, 3.05) is 11.9 Å². The average Bonchev–Trinajstić information content (AvgIpc) is 2.86. The number of rotatable bonds is 5. The third-order valence-electron chi connectivity index (χ3n) is 2.48. The van der Waals surface area contributed by atoms with E-state index in [2.05, 4.69) is 36.4 Å². The van der Waals surface area contributed by atoms with Gasteiger partial charge < -0.3 is 4.74 Å². The summed E-state index contributed by atoms with van der Waals surface area (Å²) in [6.45, 7) is 2.03. The molecular weight excluding hydrogens is 340 g/mol. The summed E-state index contributed by atoms with van der Waals surface area (Å²) in [4.78, 5) is 27.2. The fourth-order valence-electron chi connectivity index (χ4n) is 1.55. The number of halogens is 1. The number of aromatic nitrogens is 3. The molecule has 1 heterocycles. The average molecular weight is 353 g/mol. The lowest BCUT2D eigenvalue weighted by Gasteiger charge is -2.00. The molecule has 0 aliphatic rings. The van der Waals surface area contributed by atoms with E-state index in [-0.39, 0.29) is 18.3 Å². The molecule has 0 unspecified atom stereocenters. The van der Waals surface area contributed by atoms with Crippen LogP contribution < -0.4 is 5.32 Å². The molecule has 0 saturated carbocycles. The lowest BCUT2D eigenvalue weighted by atomic mass is 10.2. The number of nitrogens with one attached hydrogen (secondary N) is 2. The summed E-state index contributed by atoms with van der Waals surface area (Å²) >= 11 is 3.30. The minimum absolute atomic E-state index is 0.0189. The van der Waals surface area contributed by atoms with E-state index in [1.165, 1.54) is 0 Å². The largest absolute Gasteiger partial charge is 0.466 e. The van der Waals surface area contributed by atoms with Gasteiger partial charge in [0.1, 0.15) is 12.2 Å². The standard InChI is InChI=1S/C13H13BrN4O3/c1-2-21-11(19)7-10-15-13(18-17-10)16-12(20)8-3-5-9(14)6-4-8/h3-6H,2,7H2,1H3,(H2,15,16,17,18,20). The molecule has 21 heavy (non-hydrogen) atoms. The van der Waals surface area contributed by atoms with E-state index in [9.17, 15) is 9.59 Å². The maximum absolute atomic E-state index is 11.9. The maximum atomic E-state index is 11.9. The second kappa shape index (κ2) is 6.98. The van der Waals surface area contributed by atoms with E-state index in [0.29, 0.717) is 18.0 Å². The molecule has 110 valence electrons. The summed E-state index contributed by atoms with van der Waals surface area (Å²) in [5.74, 6) is -0.287. The molecule has 2 rings (SSSR count). The third kappa shape index (κ3) is 4.38. The molecule has 2 aromatic rings. The van der Waals surface area contributed by atoms with Crippen molar-refractivity contribution in [2.24, 2.45) is 0 Å². The fourth-order valence-corrected chi connectivity index (χ4v) is 1.82. The zero-order valence-corrected chi connectivity index (χ0v) is 12.8. The van der Waals surface area contributed by atoms with Crippen molar-refractivity contribution in [3.05, 3.63) is 40.1 Å². The highest BCUT2D eigenvalue weighted by molar-refractivity contribution is 9.10. The van der Waals surface area contributed by atoms with Crippen molar-refractivity contribution in [1.29, 1.82) is 0 Å². The van der Waals surface area contributed by atoms with Gasteiger partial charge in [-0.25, -0.2) is 0 Å². The molecule has 0 aliphatic heterocycles. The normalized spacial score (nSPS) is 10.2. The second-order valence-corrected chi connectivity index (χ2v) is 4.96. The Labute approximate surface area is 129 Å². The van der Waals surface area contributed by atoms with E-state index in [1.54, 1.807) is 31.2 Å². The van der Waals surface area contributed by atoms with Crippen LogP contribution in [0.3, 0.4) is 0 Å². The van der Waals surface area contributed by atoms with Crippen LogP contribution in [0.25, 0.3) is 0 Å². The van der Waals surface area contributed by atoms with E-state index < -0.39 is 5.97 Å². The molecule has 0 radical (unpaired) electrons. The zero-order valence-electron chi connectivity index (χ0n) is 11.2. The molecule has 8 heteroatoms. The van der Waals surface area contributed by atoms with Crippen LogP contribution >= 0.6 is 15.9 Å². The number of carbonyl (C=O) groups is 2. The number of carbonyl (C=O) groups excluding carboxylic acids is 2. The first kappa shape index (κ1) is 15.2. The number of ether oxygens (including phenoxy) is 1. The van der Waals surface area contributed by atoms with Gasteiger partial charge in [0.15, 0.2) is 0 Å². The summed E-state index contributed by atoms with van der Waals surface area (Å²) < 4.78 is 5.68. The lowest BCUT2D eigenvalue weighted by molar-refractivity contribution is -0.142. The third-order valence-corrected chi connectivity index (χ3v) is 3.01. The fraction of sp³-hybridized carbons (Fsp3) is 0.231. The topological polar surface area (TPSA) is 97.0 Å². The Morgan fingerprint density at radius 1 is 1.33 bits per heavy atom. The molecule has 0 spiro atoms. The SMILES string of the molecule is CCOC(=O)Cc1nc(NC(=O)c2ccc(Br)cc2)n[nH]1.